The van der Waals surface area contributed by atoms with Crippen molar-refractivity contribution in [2.75, 3.05) is 33.3 Å². The van der Waals surface area contributed by atoms with Crippen molar-refractivity contribution in [1.29, 1.82) is 0 Å². The smallest absolute Gasteiger partial charge is 0.247 e. The largest absolute Gasteiger partial charge is 0.487 e. The third-order valence-electron chi connectivity index (χ3n) is 5.76. The third-order valence-corrected chi connectivity index (χ3v) is 7.78. The summed E-state index contributed by atoms with van der Waals surface area (Å²) in [5, 5.41) is 9.74. The molecule has 31 heavy (non-hydrogen) atoms. The number of benzene rings is 1. The Labute approximate surface area is 185 Å². The van der Waals surface area contributed by atoms with Crippen LogP contribution in [0.15, 0.2) is 47.6 Å². The van der Waals surface area contributed by atoms with Gasteiger partial charge in [0, 0.05) is 43.0 Å². The van der Waals surface area contributed by atoms with Crippen LogP contribution in [0.25, 0.3) is 11.1 Å². The zero-order chi connectivity index (χ0) is 22.6. The van der Waals surface area contributed by atoms with E-state index in [0.29, 0.717) is 18.8 Å². The fraction of sp³-hybridized carbons (Fsp3) is 0.522. The zero-order valence-electron chi connectivity index (χ0n) is 18.7. The normalized spacial score (nSPS) is 22.3. The lowest BCUT2D eigenvalue weighted by molar-refractivity contribution is 0.0753. The van der Waals surface area contributed by atoms with Crippen LogP contribution >= 0.6 is 0 Å². The molecular weight excluding hydrogens is 414 g/mol. The van der Waals surface area contributed by atoms with E-state index in [1.165, 1.54) is 4.31 Å². The van der Waals surface area contributed by atoms with E-state index in [4.69, 9.17) is 4.74 Å². The Morgan fingerprint density at radius 1 is 1.32 bits per heavy atom. The number of likely N-dealkylation sites (N-methyl/N-ethyl adjacent to an activating group) is 1. The summed E-state index contributed by atoms with van der Waals surface area (Å²) in [4.78, 5) is 6.51. The van der Waals surface area contributed by atoms with Gasteiger partial charge in [0.1, 0.15) is 16.7 Å². The van der Waals surface area contributed by atoms with E-state index in [9.17, 15) is 13.5 Å². The highest BCUT2D eigenvalue weighted by molar-refractivity contribution is 7.89. The van der Waals surface area contributed by atoms with Gasteiger partial charge in [0.25, 0.3) is 0 Å². The Hall–Kier alpha value is -2.00. The first-order valence-corrected chi connectivity index (χ1v) is 12.2. The maximum absolute atomic E-state index is 13.5. The number of rotatable bonds is 7. The van der Waals surface area contributed by atoms with Gasteiger partial charge in [-0.1, -0.05) is 26.0 Å². The van der Waals surface area contributed by atoms with Crippen LogP contribution < -0.4 is 4.74 Å². The summed E-state index contributed by atoms with van der Waals surface area (Å²) in [6, 6.07) is 8.43. The molecule has 0 fully saturated rings. The Kier molecular flexibility index (Phi) is 7.69. The number of aromatic nitrogens is 1. The van der Waals surface area contributed by atoms with Gasteiger partial charge in [-0.05, 0) is 50.7 Å². The number of aliphatic hydroxyl groups excluding tert-OH is 1. The third kappa shape index (κ3) is 5.26. The van der Waals surface area contributed by atoms with Crippen molar-refractivity contribution in [1.82, 2.24) is 14.2 Å². The van der Waals surface area contributed by atoms with Crippen molar-refractivity contribution >= 4 is 10.0 Å². The molecule has 3 rings (SSSR count). The highest BCUT2D eigenvalue weighted by Crippen LogP contribution is 2.36. The second-order valence-corrected chi connectivity index (χ2v) is 10.3. The van der Waals surface area contributed by atoms with Gasteiger partial charge >= 0.3 is 0 Å². The van der Waals surface area contributed by atoms with E-state index in [0.717, 1.165) is 24.1 Å². The molecule has 170 valence electrons. The summed E-state index contributed by atoms with van der Waals surface area (Å²) in [7, 11) is -1.78. The molecule has 0 aliphatic carbocycles. The molecule has 0 bridgehead atoms. The molecule has 0 spiro atoms. The van der Waals surface area contributed by atoms with Gasteiger partial charge in [-0.2, -0.15) is 4.31 Å². The molecule has 2 heterocycles. The van der Waals surface area contributed by atoms with Crippen LogP contribution in [-0.2, 0) is 10.0 Å². The number of hydrogen-bond acceptors (Lipinski definition) is 6. The molecule has 7 nitrogen and oxygen atoms in total. The van der Waals surface area contributed by atoms with Gasteiger partial charge in [0.2, 0.25) is 10.0 Å². The standard InChI is InChI=1S/C23H33N3O4S/c1-5-11-25(4)15-22-17(2)14-26(18(3)16-27)31(28,29)23-9-8-19(12-21(23)30-22)20-7-6-10-24-13-20/h6-10,12-13,17-18,22,27H,5,11,14-16H2,1-4H3/t17-,18-,22-/m0/s1. The summed E-state index contributed by atoms with van der Waals surface area (Å²) in [5.41, 5.74) is 1.74. The SMILES string of the molecule is CCCN(C)C[C@@H]1Oc2cc(-c3cccnc3)ccc2S(=O)(=O)N([C@@H](C)CO)C[C@@H]1C. The second-order valence-electron chi connectivity index (χ2n) is 8.41. The number of ether oxygens (including phenoxy) is 1. The zero-order valence-corrected chi connectivity index (χ0v) is 19.5. The monoisotopic (exact) mass is 447 g/mol. The molecule has 1 aromatic carbocycles. The predicted molar refractivity (Wildman–Crippen MR) is 121 cm³/mol. The molecule has 3 atom stereocenters. The lowest BCUT2D eigenvalue weighted by atomic mass is 10.0. The maximum atomic E-state index is 13.5. The lowest BCUT2D eigenvalue weighted by Crippen LogP contribution is -2.49. The number of fused-ring (bicyclic) bond motifs is 1. The molecule has 1 aliphatic heterocycles. The molecule has 0 radical (unpaired) electrons. The molecule has 1 aromatic heterocycles. The van der Waals surface area contributed by atoms with Gasteiger partial charge in [0.15, 0.2) is 0 Å². The summed E-state index contributed by atoms with van der Waals surface area (Å²) in [5.74, 6) is 0.288. The van der Waals surface area contributed by atoms with E-state index < -0.39 is 16.1 Å². The van der Waals surface area contributed by atoms with E-state index in [1.807, 2.05) is 19.1 Å². The molecule has 0 unspecified atom stereocenters. The minimum absolute atomic E-state index is 0.0571. The molecule has 0 saturated carbocycles. The average molecular weight is 448 g/mol. The van der Waals surface area contributed by atoms with Crippen LogP contribution in [0.1, 0.15) is 27.2 Å². The Morgan fingerprint density at radius 2 is 2.10 bits per heavy atom. The molecule has 0 saturated heterocycles. The molecule has 1 N–H and O–H groups in total. The minimum Gasteiger partial charge on any atom is -0.487 e. The van der Waals surface area contributed by atoms with Crippen molar-refractivity contribution in [3.8, 4) is 16.9 Å². The van der Waals surface area contributed by atoms with Crippen molar-refractivity contribution in [3.05, 3.63) is 42.7 Å². The Balaban J connectivity index is 2.10. The van der Waals surface area contributed by atoms with Crippen molar-refractivity contribution < 1.29 is 18.3 Å². The van der Waals surface area contributed by atoms with Crippen LogP contribution in [0.5, 0.6) is 5.75 Å². The predicted octanol–water partition coefficient (Wildman–Crippen LogP) is 2.86. The number of hydrogen-bond donors (Lipinski definition) is 1. The van der Waals surface area contributed by atoms with Gasteiger partial charge in [0.05, 0.1) is 6.61 Å². The second kappa shape index (κ2) is 10.1. The quantitative estimate of drug-likeness (QED) is 0.703. The van der Waals surface area contributed by atoms with E-state index in [1.54, 1.807) is 37.5 Å². The van der Waals surface area contributed by atoms with E-state index >= 15 is 0 Å². The maximum Gasteiger partial charge on any atom is 0.247 e. The van der Waals surface area contributed by atoms with Gasteiger partial charge in [-0.15, -0.1) is 0 Å². The Morgan fingerprint density at radius 3 is 2.74 bits per heavy atom. The topological polar surface area (TPSA) is 83.0 Å². The highest BCUT2D eigenvalue weighted by Gasteiger charge is 2.38. The number of pyridine rings is 1. The molecule has 0 amide bonds. The highest BCUT2D eigenvalue weighted by atomic mass is 32.2. The first-order valence-electron chi connectivity index (χ1n) is 10.8. The van der Waals surface area contributed by atoms with Crippen molar-refractivity contribution in [2.45, 2.75) is 44.2 Å². The fourth-order valence-electron chi connectivity index (χ4n) is 3.94. The van der Waals surface area contributed by atoms with E-state index in [-0.39, 0.29) is 23.5 Å². The molecule has 2 aromatic rings. The molecular formula is C23H33N3O4S. The lowest BCUT2D eigenvalue weighted by Gasteiger charge is -2.37. The first kappa shape index (κ1) is 23.7. The van der Waals surface area contributed by atoms with Crippen LogP contribution in [0.4, 0.5) is 0 Å². The summed E-state index contributed by atoms with van der Waals surface area (Å²) in [6.07, 6.45) is 4.28. The summed E-state index contributed by atoms with van der Waals surface area (Å²) in [6.45, 7) is 7.54. The summed E-state index contributed by atoms with van der Waals surface area (Å²) < 4.78 is 34.8. The van der Waals surface area contributed by atoms with Crippen LogP contribution in [0, 0.1) is 5.92 Å². The van der Waals surface area contributed by atoms with Gasteiger partial charge in [-0.3, -0.25) is 4.98 Å². The average Bonchev–Trinajstić information content (AvgIpc) is 2.76. The summed E-state index contributed by atoms with van der Waals surface area (Å²) >= 11 is 0. The minimum atomic E-state index is -3.83. The first-order chi connectivity index (χ1) is 14.8. The van der Waals surface area contributed by atoms with Gasteiger partial charge in [-0.25, -0.2) is 8.42 Å². The molecule has 8 heteroatoms. The Bertz CT molecular complexity index is 968. The molecule has 1 aliphatic rings. The van der Waals surface area contributed by atoms with Crippen LogP contribution in [-0.4, -0.2) is 73.1 Å². The van der Waals surface area contributed by atoms with Crippen molar-refractivity contribution in [2.24, 2.45) is 5.92 Å². The fourth-order valence-corrected chi connectivity index (χ4v) is 5.76. The number of sulfonamides is 1. The van der Waals surface area contributed by atoms with E-state index in [2.05, 4.69) is 23.9 Å². The van der Waals surface area contributed by atoms with Crippen LogP contribution in [0.2, 0.25) is 0 Å². The number of aliphatic hydroxyl groups is 1. The van der Waals surface area contributed by atoms with Crippen molar-refractivity contribution in [3.63, 3.8) is 0 Å². The van der Waals surface area contributed by atoms with Gasteiger partial charge < -0.3 is 14.7 Å². The van der Waals surface area contributed by atoms with Crippen LogP contribution in [0.3, 0.4) is 0 Å². The number of nitrogens with zero attached hydrogens (tertiary/aromatic N) is 3.